The van der Waals surface area contributed by atoms with Crippen molar-refractivity contribution in [3.63, 3.8) is 0 Å². The van der Waals surface area contributed by atoms with E-state index in [0.29, 0.717) is 0 Å². The van der Waals surface area contributed by atoms with Crippen LogP contribution in [-0.2, 0) is 33.8 Å². The van der Waals surface area contributed by atoms with E-state index >= 15 is 0 Å². The van der Waals surface area contributed by atoms with Crippen LogP contribution >= 0.6 is 0 Å². The quantitative estimate of drug-likeness (QED) is 0.326. The first-order chi connectivity index (χ1) is 15.5. The fraction of sp³-hybridized carbons (Fsp3) is 0.200. The summed E-state index contributed by atoms with van der Waals surface area (Å²) in [6, 6.07) is 27.8. The Kier molecular flexibility index (Phi) is 7.47. The van der Waals surface area contributed by atoms with Gasteiger partial charge in [0.2, 0.25) is 0 Å². The normalized spacial score (nSPS) is 14.4. The van der Waals surface area contributed by atoms with Gasteiger partial charge < -0.3 is 24.8 Å². The van der Waals surface area contributed by atoms with Crippen LogP contribution in [0.2, 0.25) is 13.1 Å². The van der Waals surface area contributed by atoms with Crippen molar-refractivity contribution < 1.29 is 45.7 Å². The van der Waals surface area contributed by atoms with Crippen LogP contribution in [0.25, 0.3) is 28.1 Å². The average Bonchev–Trinajstić information content (AvgIpc) is 3.26. The second-order valence-electron chi connectivity index (χ2n) is 9.95. The standard InChI is InChI=1S/2C14H11.C2H7Si.2ClH.Zr/c2*1-10-6-13-8-11-4-2-3-5-12(11)9-14(13)7-10;1-3-2;;;/h2*2-5,8-9H,6H2,1H3;3H,1-2H3;2*1H;/q;;;;;+2/p-2. The van der Waals surface area contributed by atoms with Gasteiger partial charge in [0.05, 0.1) is 0 Å². The van der Waals surface area contributed by atoms with E-state index in [4.69, 9.17) is 0 Å². The fourth-order valence-corrected chi connectivity index (χ4v) is 26.3. The van der Waals surface area contributed by atoms with E-state index < -0.39 is 26.8 Å². The summed E-state index contributed by atoms with van der Waals surface area (Å²) in [5.74, 6) is -0.830. The molecular weight excluding hydrogens is 551 g/mol. The zero-order chi connectivity index (χ0) is 22.0. The van der Waals surface area contributed by atoms with Crippen LogP contribution in [0.5, 0.6) is 0 Å². The summed E-state index contributed by atoms with van der Waals surface area (Å²) >= 11 is -2.03. The van der Waals surface area contributed by atoms with Crippen molar-refractivity contribution in [2.75, 3.05) is 0 Å². The number of hydrogen-bond donors (Lipinski definition) is 0. The molecule has 2 aliphatic carbocycles. The van der Waals surface area contributed by atoms with Crippen molar-refractivity contribution in [1.82, 2.24) is 0 Å². The van der Waals surface area contributed by atoms with Crippen LogP contribution in [0.1, 0.15) is 36.1 Å². The molecule has 0 fully saturated rings. The summed E-state index contributed by atoms with van der Waals surface area (Å²) in [7, 11) is 0. The molecule has 4 aromatic rings. The zero-order valence-electron chi connectivity index (χ0n) is 20.2. The SMILES string of the molecule is CC1=[C]([Zr+2]([C]2=C(C)Cc3cc4ccccc4cc32)[SiH](C)C)c2cc3ccccc3cc2C1.[Cl-].[Cl-]. The Morgan fingerprint density at radius 3 is 1.29 bits per heavy atom. The molecule has 0 aliphatic heterocycles. The molecular formula is C30H29Cl2SiZr. The molecule has 0 aromatic heterocycles. The summed E-state index contributed by atoms with van der Waals surface area (Å²) in [6.45, 7) is 10.1. The average molecular weight is 580 g/mol. The van der Waals surface area contributed by atoms with Crippen LogP contribution < -0.4 is 24.8 Å². The molecule has 0 unspecified atom stereocenters. The van der Waals surface area contributed by atoms with Gasteiger partial charge in [0.1, 0.15) is 0 Å². The molecule has 0 bridgehead atoms. The van der Waals surface area contributed by atoms with Gasteiger partial charge in [-0.05, 0) is 0 Å². The molecule has 0 N–H and O–H groups in total. The second-order valence-corrected chi connectivity index (χ2v) is 28.7. The molecule has 4 heteroatoms. The Balaban J connectivity index is 0.00000137. The molecule has 6 rings (SSSR count). The van der Waals surface area contributed by atoms with Crippen molar-refractivity contribution in [3.05, 3.63) is 106 Å². The molecule has 0 spiro atoms. The summed E-state index contributed by atoms with van der Waals surface area (Å²) < 4.78 is 3.68. The molecule has 0 amide bonds. The van der Waals surface area contributed by atoms with Gasteiger partial charge in [0.15, 0.2) is 0 Å². The monoisotopic (exact) mass is 577 g/mol. The summed E-state index contributed by atoms with van der Waals surface area (Å²) in [5, 5.41) is 5.57. The summed E-state index contributed by atoms with van der Waals surface area (Å²) in [5.41, 5.74) is 9.68. The maximum Gasteiger partial charge on any atom is -1.00 e. The van der Waals surface area contributed by atoms with E-state index in [1.807, 2.05) is 6.56 Å². The Labute approximate surface area is 224 Å². The van der Waals surface area contributed by atoms with E-state index in [0.717, 1.165) is 12.8 Å². The first-order valence-electron chi connectivity index (χ1n) is 11.8. The van der Waals surface area contributed by atoms with E-state index in [9.17, 15) is 0 Å². The molecule has 171 valence electrons. The van der Waals surface area contributed by atoms with Gasteiger partial charge in [-0.15, -0.1) is 0 Å². The Bertz CT molecular complexity index is 1370. The first kappa shape index (κ1) is 25.6. The number of benzene rings is 4. The van der Waals surface area contributed by atoms with Crippen molar-refractivity contribution in [2.45, 2.75) is 39.8 Å². The van der Waals surface area contributed by atoms with E-state index in [1.165, 1.54) is 21.5 Å². The molecule has 0 heterocycles. The van der Waals surface area contributed by atoms with Crippen LogP contribution in [0.15, 0.2) is 83.9 Å². The molecule has 0 nitrogen and oxygen atoms in total. The zero-order valence-corrected chi connectivity index (χ0v) is 25.3. The van der Waals surface area contributed by atoms with E-state index in [2.05, 4.69) is 99.7 Å². The number of allylic oxidation sites excluding steroid dienone is 2. The fourth-order valence-electron chi connectivity index (χ4n) is 5.99. The van der Waals surface area contributed by atoms with Crippen molar-refractivity contribution in [3.8, 4) is 0 Å². The van der Waals surface area contributed by atoms with E-state index in [-0.39, 0.29) is 24.8 Å². The van der Waals surface area contributed by atoms with Crippen LogP contribution in [0, 0.1) is 0 Å². The van der Waals surface area contributed by atoms with Crippen molar-refractivity contribution >= 4 is 34.0 Å². The van der Waals surface area contributed by atoms with Crippen LogP contribution in [0.3, 0.4) is 0 Å². The van der Waals surface area contributed by atoms with E-state index in [1.54, 1.807) is 33.4 Å². The maximum absolute atomic E-state index is 2.63. The molecule has 0 saturated carbocycles. The largest absolute Gasteiger partial charge is 1.00 e. The molecule has 0 atom stereocenters. The van der Waals surface area contributed by atoms with Gasteiger partial charge in [-0.1, -0.05) is 0 Å². The van der Waals surface area contributed by atoms with Gasteiger partial charge >= 0.3 is 201 Å². The topological polar surface area (TPSA) is 0 Å². The predicted octanol–water partition coefficient (Wildman–Crippen LogP) is 1.88. The summed E-state index contributed by atoms with van der Waals surface area (Å²) in [4.78, 5) is 0. The maximum atomic E-state index is 2.63. The Morgan fingerprint density at radius 1 is 0.588 bits per heavy atom. The molecule has 0 radical (unpaired) electrons. The molecule has 2 aliphatic rings. The smallest absolute Gasteiger partial charge is 1.00 e. The first-order valence-corrected chi connectivity index (χ1v) is 21.4. The number of rotatable bonds is 3. The Hall–Kier alpha value is -1.44. The van der Waals surface area contributed by atoms with Gasteiger partial charge in [0.25, 0.3) is 0 Å². The Morgan fingerprint density at radius 2 is 0.941 bits per heavy atom. The van der Waals surface area contributed by atoms with Gasteiger partial charge in [-0.25, -0.2) is 0 Å². The van der Waals surface area contributed by atoms with Crippen molar-refractivity contribution in [2.24, 2.45) is 0 Å². The molecule has 0 saturated heterocycles. The molecule has 34 heavy (non-hydrogen) atoms. The van der Waals surface area contributed by atoms with Crippen LogP contribution in [-0.4, -0.2) is 5.92 Å². The third-order valence-electron chi connectivity index (χ3n) is 7.36. The predicted molar refractivity (Wildman–Crippen MR) is 139 cm³/mol. The van der Waals surface area contributed by atoms with Gasteiger partial charge in [-0.2, -0.15) is 0 Å². The van der Waals surface area contributed by atoms with Crippen LogP contribution in [0.4, 0.5) is 0 Å². The minimum absolute atomic E-state index is 0. The van der Waals surface area contributed by atoms with Gasteiger partial charge in [-0.3, -0.25) is 0 Å². The summed E-state index contributed by atoms with van der Waals surface area (Å²) in [6.07, 6.45) is 2.30. The molecule has 4 aromatic carbocycles. The van der Waals surface area contributed by atoms with Gasteiger partial charge in [0, 0.05) is 0 Å². The third-order valence-corrected chi connectivity index (χ3v) is 26.5. The minimum atomic E-state index is -2.03. The number of hydrogen-bond acceptors (Lipinski definition) is 0. The second kappa shape index (κ2) is 9.90. The number of fused-ring (bicyclic) bond motifs is 4. The van der Waals surface area contributed by atoms with Crippen molar-refractivity contribution in [1.29, 1.82) is 0 Å². The minimum Gasteiger partial charge on any atom is -1.00 e. The number of halogens is 2. The third kappa shape index (κ3) is 4.11.